The molecule has 0 radical (unpaired) electrons. The zero-order valence-corrected chi connectivity index (χ0v) is 21.2. The third-order valence-corrected chi connectivity index (χ3v) is 7.78. The molecular formula is C25H34N6O2S. The van der Waals surface area contributed by atoms with Crippen molar-refractivity contribution < 1.29 is 4.21 Å². The van der Waals surface area contributed by atoms with Crippen molar-refractivity contribution in [3.63, 3.8) is 0 Å². The molecule has 1 saturated carbocycles. The highest BCUT2D eigenvalue weighted by molar-refractivity contribution is 7.83. The van der Waals surface area contributed by atoms with Crippen LogP contribution in [0.4, 0.5) is 11.4 Å². The lowest BCUT2D eigenvalue weighted by molar-refractivity contribution is 0.264. The third-order valence-electron chi connectivity index (χ3n) is 5.93. The first-order valence-electron chi connectivity index (χ1n) is 11.6. The molecule has 2 aromatic rings. The molecule has 9 heteroatoms. The first-order valence-corrected chi connectivity index (χ1v) is 12.7. The van der Waals surface area contributed by atoms with Crippen LogP contribution in [0.25, 0.3) is 0 Å². The van der Waals surface area contributed by atoms with E-state index in [4.69, 9.17) is 11.0 Å². The van der Waals surface area contributed by atoms with Gasteiger partial charge in [-0.15, -0.1) is 0 Å². The zero-order valence-electron chi connectivity index (χ0n) is 20.4. The van der Waals surface area contributed by atoms with Crippen molar-refractivity contribution in [2.45, 2.75) is 82.8 Å². The number of pyridine rings is 1. The smallest absolute Gasteiger partial charge is 0.261 e. The van der Waals surface area contributed by atoms with Crippen LogP contribution in [0.2, 0.25) is 0 Å². The van der Waals surface area contributed by atoms with Gasteiger partial charge >= 0.3 is 0 Å². The van der Waals surface area contributed by atoms with Crippen molar-refractivity contribution in [2.24, 2.45) is 10.7 Å². The second kappa shape index (κ2) is 11.0. The summed E-state index contributed by atoms with van der Waals surface area (Å²) >= 11 is 0. The van der Waals surface area contributed by atoms with Crippen molar-refractivity contribution in [1.82, 2.24) is 9.29 Å². The molecule has 0 amide bonds. The van der Waals surface area contributed by atoms with Gasteiger partial charge in [0.15, 0.2) is 0 Å². The van der Waals surface area contributed by atoms with Crippen LogP contribution in [-0.4, -0.2) is 30.9 Å². The molecule has 1 aromatic carbocycles. The number of nitrogens with two attached hydrogens (primary N) is 1. The van der Waals surface area contributed by atoms with E-state index in [9.17, 15) is 9.00 Å². The number of benzene rings is 1. The Bertz CT molecular complexity index is 1170. The molecule has 0 bridgehead atoms. The Balaban J connectivity index is 0.00000103. The third kappa shape index (κ3) is 5.93. The predicted molar refractivity (Wildman–Crippen MR) is 137 cm³/mol. The molecule has 1 aromatic heterocycles. The van der Waals surface area contributed by atoms with Crippen LogP contribution in [0.1, 0.15) is 70.9 Å². The second-order valence-electron chi connectivity index (χ2n) is 9.54. The van der Waals surface area contributed by atoms with E-state index in [1.54, 1.807) is 18.3 Å². The fourth-order valence-corrected chi connectivity index (χ4v) is 5.79. The van der Waals surface area contributed by atoms with Crippen molar-refractivity contribution in [3.8, 4) is 6.07 Å². The van der Waals surface area contributed by atoms with E-state index in [1.165, 1.54) is 26.2 Å². The van der Waals surface area contributed by atoms with Gasteiger partial charge in [-0.25, -0.2) is 13.5 Å². The number of H-pyrrole nitrogens is 1. The Hall–Kier alpha value is -2.96. The van der Waals surface area contributed by atoms with Crippen LogP contribution >= 0.6 is 0 Å². The first kappa shape index (κ1) is 25.7. The number of hydrogen-bond donors (Lipinski definition) is 3. The molecule has 2 heterocycles. The van der Waals surface area contributed by atoms with Crippen molar-refractivity contribution >= 4 is 28.2 Å². The van der Waals surface area contributed by atoms with E-state index in [1.807, 2.05) is 22.5 Å². The fourth-order valence-electron chi connectivity index (χ4n) is 4.26. The Morgan fingerprint density at radius 2 is 1.94 bits per heavy atom. The summed E-state index contributed by atoms with van der Waals surface area (Å²) in [4.78, 5) is 20.7. The summed E-state index contributed by atoms with van der Waals surface area (Å²) in [5.41, 5.74) is 8.57. The SMILES string of the molecule is CC#N.CC(C)(C)N1Cc2cc(N=C(N)c3c(NC4CCCCC4)cc[nH]c3=O)ccc2S1=O. The van der Waals surface area contributed by atoms with Crippen LogP contribution in [0.5, 0.6) is 0 Å². The molecule has 0 saturated heterocycles. The van der Waals surface area contributed by atoms with E-state index in [-0.39, 0.29) is 16.9 Å². The number of aromatic nitrogens is 1. The topological polar surface area (TPSA) is 127 Å². The maximum atomic E-state index is 12.8. The number of nitriles is 1. The predicted octanol–water partition coefficient (Wildman–Crippen LogP) is 4.32. The lowest BCUT2D eigenvalue weighted by atomic mass is 9.95. The summed E-state index contributed by atoms with van der Waals surface area (Å²) in [5.74, 6) is 0.173. The number of fused-ring (bicyclic) bond motifs is 1. The highest BCUT2D eigenvalue weighted by atomic mass is 32.2. The number of nitrogens with zero attached hydrogens (tertiary/aromatic N) is 3. The van der Waals surface area contributed by atoms with Crippen molar-refractivity contribution in [2.75, 3.05) is 5.32 Å². The molecule has 34 heavy (non-hydrogen) atoms. The maximum absolute atomic E-state index is 12.8. The number of hydrogen-bond acceptors (Lipinski definition) is 5. The maximum Gasteiger partial charge on any atom is 0.261 e. The summed E-state index contributed by atoms with van der Waals surface area (Å²) in [5, 5.41) is 10.8. The molecule has 182 valence electrons. The first-order chi connectivity index (χ1) is 16.2. The highest BCUT2D eigenvalue weighted by Gasteiger charge is 2.34. The molecular weight excluding hydrogens is 448 g/mol. The molecule has 0 spiro atoms. The minimum absolute atomic E-state index is 0.173. The zero-order chi connectivity index (χ0) is 24.9. The van der Waals surface area contributed by atoms with E-state index in [0.717, 1.165) is 29.0 Å². The second-order valence-corrected chi connectivity index (χ2v) is 10.9. The normalized spacial score (nSPS) is 19.0. The van der Waals surface area contributed by atoms with E-state index >= 15 is 0 Å². The molecule has 1 aliphatic heterocycles. The number of anilines is 1. The molecule has 1 atom stereocenters. The highest BCUT2D eigenvalue weighted by Crippen LogP contribution is 2.35. The summed E-state index contributed by atoms with van der Waals surface area (Å²) in [6.07, 6.45) is 7.48. The van der Waals surface area contributed by atoms with Crippen LogP contribution in [0.3, 0.4) is 0 Å². The van der Waals surface area contributed by atoms with E-state index in [2.05, 4.69) is 36.1 Å². The van der Waals surface area contributed by atoms with Crippen molar-refractivity contribution in [1.29, 1.82) is 5.26 Å². The van der Waals surface area contributed by atoms with Gasteiger partial charge in [-0.3, -0.25) is 4.79 Å². The van der Waals surface area contributed by atoms with E-state index < -0.39 is 11.0 Å². The lowest BCUT2D eigenvalue weighted by Crippen LogP contribution is -2.38. The molecule has 1 aliphatic carbocycles. The Kier molecular flexibility index (Phi) is 8.28. The summed E-state index contributed by atoms with van der Waals surface area (Å²) < 4.78 is 14.8. The molecule has 2 aliphatic rings. The monoisotopic (exact) mass is 482 g/mol. The number of rotatable bonds is 4. The van der Waals surface area contributed by atoms with Gasteiger partial charge in [-0.1, -0.05) is 19.3 Å². The average Bonchev–Trinajstić information content (AvgIpc) is 3.11. The Labute approximate surface area is 203 Å². The summed E-state index contributed by atoms with van der Waals surface area (Å²) in [7, 11) is -1.19. The van der Waals surface area contributed by atoms with Gasteiger partial charge in [0.1, 0.15) is 22.4 Å². The minimum atomic E-state index is -1.19. The van der Waals surface area contributed by atoms with Crippen LogP contribution in [0, 0.1) is 11.3 Å². The Morgan fingerprint density at radius 3 is 2.59 bits per heavy atom. The van der Waals surface area contributed by atoms with Gasteiger partial charge in [0.25, 0.3) is 5.56 Å². The van der Waals surface area contributed by atoms with Crippen LogP contribution < -0.4 is 16.6 Å². The fraction of sp³-hybridized carbons (Fsp3) is 0.480. The quantitative estimate of drug-likeness (QED) is 0.442. The van der Waals surface area contributed by atoms with Gasteiger partial charge in [-0.2, -0.15) is 5.26 Å². The molecule has 8 nitrogen and oxygen atoms in total. The molecule has 4 rings (SSSR count). The van der Waals surface area contributed by atoms with Gasteiger partial charge < -0.3 is 16.0 Å². The minimum Gasteiger partial charge on any atom is -0.383 e. The average molecular weight is 483 g/mol. The number of aliphatic imine (C=N–C) groups is 1. The number of aromatic amines is 1. The molecule has 4 N–H and O–H groups in total. The summed E-state index contributed by atoms with van der Waals surface area (Å²) in [6.45, 7) is 8.18. The molecule has 1 unspecified atom stereocenters. The van der Waals surface area contributed by atoms with E-state index in [0.29, 0.717) is 23.8 Å². The lowest BCUT2D eigenvalue weighted by Gasteiger charge is -2.29. The van der Waals surface area contributed by atoms with Gasteiger partial charge in [0.05, 0.1) is 22.3 Å². The summed E-state index contributed by atoms with van der Waals surface area (Å²) in [6, 6.07) is 9.51. The van der Waals surface area contributed by atoms with Crippen LogP contribution in [0.15, 0.2) is 45.1 Å². The van der Waals surface area contributed by atoms with Gasteiger partial charge in [0, 0.05) is 31.2 Å². The van der Waals surface area contributed by atoms with Gasteiger partial charge in [0.2, 0.25) is 0 Å². The standard InChI is InChI=1S/C23H31N5O2S.C2H3N/c1-23(2,3)28-14-15-13-17(9-10-19(15)31(28)30)27-21(24)20-18(11-12-25-22(20)29)26-16-7-5-4-6-8-16;1-2-3/h9-13,16H,4-8,14H2,1-3H3,(H2,24,27)(H2,25,26,29);1H3. The number of amidine groups is 1. The molecule has 1 fully saturated rings. The Morgan fingerprint density at radius 1 is 1.26 bits per heavy atom. The van der Waals surface area contributed by atoms with Gasteiger partial charge in [-0.05, 0) is 63.4 Å². The number of nitrogens with one attached hydrogen (secondary N) is 2. The van der Waals surface area contributed by atoms with Crippen LogP contribution in [-0.2, 0) is 17.5 Å². The largest absolute Gasteiger partial charge is 0.383 e. The van der Waals surface area contributed by atoms with Crippen molar-refractivity contribution in [3.05, 3.63) is 51.9 Å².